The van der Waals surface area contributed by atoms with E-state index in [-0.39, 0.29) is 11.5 Å². The van der Waals surface area contributed by atoms with Gasteiger partial charge in [-0.15, -0.1) is 11.3 Å². The van der Waals surface area contributed by atoms with Crippen LogP contribution in [0.4, 0.5) is 19.5 Å². The molecule has 1 N–H and O–H groups in total. The molecule has 160 valence electrons. The summed E-state index contributed by atoms with van der Waals surface area (Å²) >= 11 is 1.23. The number of nitrogens with one attached hydrogen (secondary N) is 1. The zero-order chi connectivity index (χ0) is 22.7. The van der Waals surface area contributed by atoms with Crippen molar-refractivity contribution in [2.45, 2.75) is 0 Å². The van der Waals surface area contributed by atoms with Crippen molar-refractivity contribution in [3.8, 4) is 22.3 Å². The molecule has 0 aliphatic rings. The average molecular weight is 449 g/mol. The van der Waals surface area contributed by atoms with Gasteiger partial charge in [-0.3, -0.25) is 14.6 Å². The maximum Gasteiger partial charge on any atom is 0.261 e. The molecule has 0 spiro atoms. The van der Waals surface area contributed by atoms with Crippen LogP contribution in [0.1, 0.15) is 10.4 Å². The molecule has 5 nitrogen and oxygen atoms in total. The number of pyridine rings is 1. The second-order valence-corrected chi connectivity index (χ2v) is 7.77. The fourth-order valence-electron chi connectivity index (χ4n) is 3.33. The summed E-state index contributed by atoms with van der Waals surface area (Å²) in [4.78, 5) is 29.9. The molecule has 2 heterocycles. The van der Waals surface area contributed by atoms with Gasteiger partial charge in [0.1, 0.15) is 16.6 Å². The van der Waals surface area contributed by atoms with Gasteiger partial charge < -0.3 is 10.2 Å². The molecule has 0 unspecified atom stereocenters. The Bertz CT molecular complexity index is 1270. The monoisotopic (exact) mass is 449 g/mol. The second-order valence-electron chi connectivity index (χ2n) is 6.89. The van der Waals surface area contributed by atoms with Crippen LogP contribution in [0, 0.1) is 11.6 Å². The van der Waals surface area contributed by atoms with Crippen molar-refractivity contribution >= 4 is 34.3 Å². The topological polar surface area (TPSA) is 62.3 Å². The van der Waals surface area contributed by atoms with Crippen LogP contribution in [-0.2, 0) is 4.79 Å². The number of amides is 2. The molecule has 0 atom stereocenters. The van der Waals surface area contributed by atoms with Gasteiger partial charge in [-0.05, 0) is 35.4 Å². The van der Waals surface area contributed by atoms with Crippen LogP contribution in [0.25, 0.3) is 22.3 Å². The number of benzene rings is 2. The smallest absolute Gasteiger partial charge is 0.261 e. The summed E-state index contributed by atoms with van der Waals surface area (Å²) in [6, 6.07) is 13.8. The van der Waals surface area contributed by atoms with Crippen molar-refractivity contribution in [1.82, 2.24) is 4.98 Å². The van der Waals surface area contributed by atoms with Gasteiger partial charge in [0.2, 0.25) is 6.41 Å². The van der Waals surface area contributed by atoms with Crippen molar-refractivity contribution in [2.75, 3.05) is 17.3 Å². The van der Waals surface area contributed by atoms with E-state index in [9.17, 15) is 18.4 Å². The van der Waals surface area contributed by atoms with Crippen LogP contribution < -0.4 is 10.2 Å². The van der Waals surface area contributed by atoms with Crippen molar-refractivity contribution in [3.63, 3.8) is 0 Å². The number of anilines is 2. The SMILES string of the molecule is CN(C(=O)c1c(-c2ccc(-c3ccc(F)cc3F)cc2)csc1NC=O)c1cccnc1. The summed E-state index contributed by atoms with van der Waals surface area (Å²) in [7, 11) is 1.63. The Morgan fingerprint density at radius 2 is 1.78 bits per heavy atom. The Morgan fingerprint density at radius 3 is 2.41 bits per heavy atom. The maximum atomic E-state index is 14.1. The van der Waals surface area contributed by atoms with Gasteiger partial charge in [-0.25, -0.2) is 8.78 Å². The highest BCUT2D eigenvalue weighted by atomic mass is 32.1. The van der Waals surface area contributed by atoms with Gasteiger partial charge in [0.15, 0.2) is 0 Å². The molecule has 2 aromatic heterocycles. The van der Waals surface area contributed by atoms with Crippen molar-refractivity contribution in [3.05, 3.63) is 89.6 Å². The summed E-state index contributed by atoms with van der Waals surface area (Å²) in [5.41, 5.74) is 3.15. The number of carbonyl (C=O) groups excluding carboxylic acids is 2. The fraction of sp³-hybridized carbons (Fsp3) is 0.0417. The highest BCUT2D eigenvalue weighted by Crippen LogP contribution is 2.37. The summed E-state index contributed by atoms with van der Waals surface area (Å²) in [6.45, 7) is 0. The molecule has 2 amide bonds. The van der Waals surface area contributed by atoms with Gasteiger partial charge in [0.05, 0.1) is 17.4 Å². The number of aromatic nitrogens is 1. The van der Waals surface area contributed by atoms with E-state index in [1.54, 1.807) is 61.2 Å². The molecular weight excluding hydrogens is 432 g/mol. The lowest BCUT2D eigenvalue weighted by molar-refractivity contribution is -0.105. The quantitative estimate of drug-likeness (QED) is 0.390. The van der Waals surface area contributed by atoms with Crippen molar-refractivity contribution in [1.29, 1.82) is 0 Å². The lowest BCUT2D eigenvalue weighted by Gasteiger charge is -2.18. The molecule has 0 aliphatic carbocycles. The Balaban J connectivity index is 1.72. The molecule has 32 heavy (non-hydrogen) atoms. The molecule has 4 rings (SSSR count). The molecule has 0 saturated heterocycles. The maximum absolute atomic E-state index is 14.1. The normalized spacial score (nSPS) is 10.6. The lowest BCUT2D eigenvalue weighted by atomic mass is 9.98. The minimum atomic E-state index is -0.653. The molecule has 0 bridgehead atoms. The first-order valence-corrected chi connectivity index (χ1v) is 10.4. The molecule has 0 fully saturated rings. The molecule has 2 aromatic carbocycles. The van der Waals surface area contributed by atoms with Crippen LogP contribution in [0.5, 0.6) is 0 Å². The second kappa shape index (κ2) is 9.07. The Hall–Kier alpha value is -3.91. The molecule has 8 heteroatoms. The van der Waals surface area contributed by atoms with E-state index in [4.69, 9.17) is 0 Å². The largest absolute Gasteiger partial charge is 0.320 e. The molecule has 0 saturated carbocycles. The first-order chi connectivity index (χ1) is 15.5. The predicted molar refractivity (Wildman–Crippen MR) is 122 cm³/mol. The Morgan fingerprint density at radius 1 is 1.06 bits per heavy atom. The standard InChI is InChI=1S/C24H17F2N3O2S/c1-29(18-3-2-10-27-12-18)24(31)22-20(13-32-23(22)28-14-30)16-6-4-15(5-7-16)19-9-8-17(25)11-21(19)26/h2-14H,1H3,(H,28,30). The molecule has 0 radical (unpaired) electrons. The fourth-order valence-corrected chi connectivity index (χ4v) is 4.25. The summed E-state index contributed by atoms with van der Waals surface area (Å²) in [5, 5.41) is 4.80. The van der Waals surface area contributed by atoms with E-state index in [0.29, 0.717) is 33.8 Å². The summed E-state index contributed by atoms with van der Waals surface area (Å²) < 4.78 is 27.3. The van der Waals surface area contributed by atoms with Gasteiger partial charge in [0.25, 0.3) is 5.91 Å². The third-order valence-corrected chi connectivity index (χ3v) is 5.88. The number of hydrogen-bond acceptors (Lipinski definition) is 4. The van der Waals surface area contributed by atoms with E-state index in [2.05, 4.69) is 10.3 Å². The predicted octanol–water partition coefficient (Wildman–Crippen LogP) is 5.60. The Labute approximate surface area is 187 Å². The van der Waals surface area contributed by atoms with E-state index in [1.165, 1.54) is 28.4 Å². The minimum Gasteiger partial charge on any atom is -0.320 e. The third-order valence-electron chi connectivity index (χ3n) is 4.97. The van der Waals surface area contributed by atoms with Crippen LogP contribution in [-0.4, -0.2) is 24.3 Å². The molecule has 0 aliphatic heterocycles. The number of carbonyl (C=O) groups is 2. The zero-order valence-electron chi connectivity index (χ0n) is 16.9. The van der Waals surface area contributed by atoms with Crippen LogP contribution in [0.3, 0.4) is 0 Å². The zero-order valence-corrected chi connectivity index (χ0v) is 17.7. The van der Waals surface area contributed by atoms with Crippen LogP contribution in [0.2, 0.25) is 0 Å². The number of hydrogen-bond donors (Lipinski definition) is 1. The summed E-state index contributed by atoms with van der Waals surface area (Å²) in [6.07, 6.45) is 3.71. The van der Waals surface area contributed by atoms with E-state index in [1.807, 2.05) is 0 Å². The minimum absolute atomic E-state index is 0.277. The summed E-state index contributed by atoms with van der Waals surface area (Å²) in [5.74, 6) is -1.61. The average Bonchev–Trinajstić information content (AvgIpc) is 3.23. The van der Waals surface area contributed by atoms with Crippen molar-refractivity contribution in [2.24, 2.45) is 0 Å². The van der Waals surface area contributed by atoms with Crippen LogP contribution in [0.15, 0.2) is 72.4 Å². The van der Waals surface area contributed by atoms with Gasteiger partial charge in [0, 0.05) is 35.8 Å². The molecule has 4 aromatic rings. The number of nitrogens with zero attached hydrogens (tertiary/aromatic N) is 2. The van der Waals surface area contributed by atoms with Crippen LogP contribution >= 0.6 is 11.3 Å². The molecular formula is C24H17F2N3O2S. The number of rotatable bonds is 6. The van der Waals surface area contributed by atoms with Crippen molar-refractivity contribution < 1.29 is 18.4 Å². The Kier molecular flexibility index (Phi) is 6.04. The number of halogens is 2. The van der Waals surface area contributed by atoms with E-state index in [0.717, 1.165) is 11.6 Å². The number of thiophene rings is 1. The first kappa shape index (κ1) is 21.3. The van der Waals surface area contributed by atoms with Gasteiger partial charge in [-0.2, -0.15) is 0 Å². The lowest BCUT2D eigenvalue weighted by Crippen LogP contribution is -2.27. The first-order valence-electron chi connectivity index (χ1n) is 9.55. The highest BCUT2D eigenvalue weighted by molar-refractivity contribution is 7.15. The van der Waals surface area contributed by atoms with E-state index >= 15 is 0 Å². The third kappa shape index (κ3) is 4.13. The van der Waals surface area contributed by atoms with Gasteiger partial charge in [-0.1, -0.05) is 24.3 Å². The van der Waals surface area contributed by atoms with Gasteiger partial charge >= 0.3 is 0 Å². The van der Waals surface area contributed by atoms with E-state index < -0.39 is 11.6 Å². The highest BCUT2D eigenvalue weighted by Gasteiger charge is 2.24.